The first-order valence-corrected chi connectivity index (χ1v) is 6.47. The highest BCUT2D eigenvalue weighted by molar-refractivity contribution is 9.10. The average Bonchev–Trinajstić information content (AvgIpc) is 2.82. The maximum absolute atomic E-state index is 11.0. The molecule has 0 radical (unpaired) electrons. The maximum Gasteiger partial charge on any atom is 0.278 e. The van der Waals surface area contributed by atoms with Crippen LogP contribution in [0.4, 0.5) is 5.69 Å². The zero-order valence-electron chi connectivity index (χ0n) is 9.76. The van der Waals surface area contributed by atoms with Crippen molar-refractivity contribution in [3.05, 3.63) is 63.1 Å². The molecule has 0 bridgehead atoms. The maximum atomic E-state index is 11.0. The third kappa shape index (κ3) is 2.02. The zero-order chi connectivity index (χ0) is 13.4. The third-order valence-corrected chi connectivity index (χ3v) is 3.69. The van der Waals surface area contributed by atoms with Gasteiger partial charge in [0.15, 0.2) is 0 Å². The summed E-state index contributed by atoms with van der Waals surface area (Å²) in [6.45, 7) is 0. The molecule has 1 heterocycles. The van der Waals surface area contributed by atoms with Crippen molar-refractivity contribution in [2.45, 2.75) is 0 Å². The summed E-state index contributed by atoms with van der Waals surface area (Å²) >= 11 is 3.48. The average molecular weight is 317 g/mol. The second kappa shape index (κ2) is 4.51. The SMILES string of the molecule is O=[N+]([O-])c1cccc2[nH]c(-c3ccccc3Br)cc12. The monoisotopic (exact) mass is 316 g/mol. The number of aromatic nitrogens is 1. The molecule has 0 atom stereocenters. The zero-order valence-corrected chi connectivity index (χ0v) is 11.3. The number of aromatic amines is 1. The van der Waals surface area contributed by atoms with E-state index in [2.05, 4.69) is 20.9 Å². The largest absolute Gasteiger partial charge is 0.354 e. The summed E-state index contributed by atoms with van der Waals surface area (Å²) in [5.74, 6) is 0. The van der Waals surface area contributed by atoms with Gasteiger partial charge < -0.3 is 4.98 Å². The number of halogens is 1. The van der Waals surface area contributed by atoms with Crippen LogP contribution in [-0.4, -0.2) is 9.91 Å². The van der Waals surface area contributed by atoms with Crippen LogP contribution in [0, 0.1) is 10.1 Å². The van der Waals surface area contributed by atoms with Gasteiger partial charge in [-0.25, -0.2) is 0 Å². The molecule has 5 heteroatoms. The molecule has 1 N–H and O–H groups in total. The molecule has 0 aliphatic carbocycles. The lowest BCUT2D eigenvalue weighted by Gasteiger charge is -2.00. The quantitative estimate of drug-likeness (QED) is 0.558. The Morgan fingerprint density at radius 3 is 2.63 bits per heavy atom. The van der Waals surface area contributed by atoms with Crippen molar-refractivity contribution in [2.75, 3.05) is 0 Å². The van der Waals surface area contributed by atoms with Crippen LogP contribution < -0.4 is 0 Å². The molecule has 1 aromatic heterocycles. The number of nitro groups is 1. The van der Waals surface area contributed by atoms with E-state index < -0.39 is 0 Å². The normalized spacial score (nSPS) is 10.8. The van der Waals surface area contributed by atoms with E-state index in [1.807, 2.05) is 36.4 Å². The summed E-state index contributed by atoms with van der Waals surface area (Å²) in [5.41, 5.74) is 2.72. The van der Waals surface area contributed by atoms with Gasteiger partial charge in [0.2, 0.25) is 0 Å². The summed E-state index contributed by atoms with van der Waals surface area (Å²) in [4.78, 5) is 13.9. The molecule has 3 aromatic rings. The van der Waals surface area contributed by atoms with Crippen molar-refractivity contribution in [1.29, 1.82) is 0 Å². The van der Waals surface area contributed by atoms with Crippen LogP contribution in [0.3, 0.4) is 0 Å². The van der Waals surface area contributed by atoms with Gasteiger partial charge >= 0.3 is 0 Å². The molecule has 0 spiro atoms. The Balaban J connectivity index is 2.26. The van der Waals surface area contributed by atoms with E-state index in [4.69, 9.17) is 0 Å². The van der Waals surface area contributed by atoms with Crippen LogP contribution in [0.15, 0.2) is 53.0 Å². The van der Waals surface area contributed by atoms with Crippen molar-refractivity contribution in [3.8, 4) is 11.3 Å². The summed E-state index contributed by atoms with van der Waals surface area (Å²) in [7, 11) is 0. The van der Waals surface area contributed by atoms with E-state index in [1.165, 1.54) is 6.07 Å². The Morgan fingerprint density at radius 2 is 1.89 bits per heavy atom. The number of hydrogen-bond donors (Lipinski definition) is 1. The first-order chi connectivity index (χ1) is 9.16. The summed E-state index contributed by atoms with van der Waals surface area (Å²) < 4.78 is 0.948. The highest BCUT2D eigenvalue weighted by atomic mass is 79.9. The van der Waals surface area contributed by atoms with Gasteiger partial charge in [-0.1, -0.05) is 40.2 Å². The highest BCUT2D eigenvalue weighted by Gasteiger charge is 2.14. The Bertz CT molecular complexity index is 780. The van der Waals surface area contributed by atoms with Gasteiger partial charge in [-0.05, 0) is 18.2 Å². The number of rotatable bonds is 2. The Morgan fingerprint density at radius 1 is 1.11 bits per heavy atom. The van der Waals surface area contributed by atoms with Crippen LogP contribution in [0.2, 0.25) is 0 Å². The minimum Gasteiger partial charge on any atom is -0.354 e. The smallest absolute Gasteiger partial charge is 0.278 e. The van der Waals surface area contributed by atoms with Gasteiger partial charge in [-0.15, -0.1) is 0 Å². The fourth-order valence-electron chi connectivity index (χ4n) is 2.12. The van der Waals surface area contributed by atoms with Crippen LogP contribution in [0.25, 0.3) is 22.2 Å². The Labute approximate surface area is 117 Å². The van der Waals surface area contributed by atoms with E-state index in [-0.39, 0.29) is 10.6 Å². The molecule has 19 heavy (non-hydrogen) atoms. The Hall–Kier alpha value is -2.14. The minimum atomic E-state index is -0.361. The molecule has 0 fully saturated rings. The van der Waals surface area contributed by atoms with E-state index in [1.54, 1.807) is 6.07 Å². The number of nitrogens with one attached hydrogen (secondary N) is 1. The van der Waals surface area contributed by atoms with Gasteiger partial charge in [-0.3, -0.25) is 10.1 Å². The van der Waals surface area contributed by atoms with Crippen LogP contribution in [0.5, 0.6) is 0 Å². The standard InChI is InChI=1S/C14H9BrN2O2/c15-11-5-2-1-4-9(11)13-8-10-12(16-13)6-3-7-14(10)17(18)19/h1-8,16H. The fraction of sp³-hybridized carbons (Fsp3) is 0. The predicted octanol–water partition coefficient (Wildman–Crippen LogP) is 4.51. The summed E-state index contributed by atoms with van der Waals surface area (Å²) in [6.07, 6.45) is 0. The van der Waals surface area contributed by atoms with Gasteiger partial charge in [0, 0.05) is 21.8 Å². The molecule has 0 saturated heterocycles. The summed E-state index contributed by atoms with van der Waals surface area (Å²) in [5, 5.41) is 11.6. The van der Waals surface area contributed by atoms with Gasteiger partial charge in [-0.2, -0.15) is 0 Å². The topological polar surface area (TPSA) is 58.9 Å². The molecule has 2 aromatic carbocycles. The molecule has 4 nitrogen and oxygen atoms in total. The molecule has 3 rings (SSSR count). The van der Waals surface area contributed by atoms with E-state index in [0.717, 1.165) is 21.2 Å². The van der Waals surface area contributed by atoms with Gasteiger partial charge in [0.05, 0.1) is 15.8 Å². The van der Waals surface area contributed by atoms with Gasteiger partial charge in [0.1, 0.15) is 0 Å². The lowest BCUT2D eigenvalue weighted by molar-refractivity contribution is -0.383. The number of H-pyrrole nitrogens is 1. The molecule has 94 valence electrons. The number of fused-ring (bicyclic) bond motifs is 1. The molecule has 0 aliphatic heterocycles. The highest BCUT2D eigenvalue weighted by Crippen LogP contribution is 2.33. The molecular weight excluding hydrogens is 308 g/mol. The third-order valence-electron chi connectivity index (χ3n) is 3.00. The molecule has 0 saturated carbocycles. The molecule has 0 amide bonds. The lowest BCUT2D eigenvalue weighted by Crippen LogP contribution is -1.87. The van der Waals surface area contributed by atoms with Crippen molar-refractivity contribution < 1.29 is 4.92 Å². The van der Waals surface area contributed by atoms with Crippen molar-refractivity contribution in [3.63, 3.8) is 0 Å². The van der Waals surface area contributed by atoms with Crippen LogP contribution in [0.1, 0.15) is 0 Å². The minimum absolute atomic E-state index is 0.118. The number of hydrogen-bond acceptors (Lipinski definition) is 2. The van der Waals surface area contributed by atoms with E-state index in [0.29, 0.717) is 5.39 Å². The molecule has 0 aliphatic rings. The second-order valence-electron chi connectivity index (χ2n) is 4.16. The predicted molar refractivity (Wildman–Crippen MR) is 78.1 cm³/mol. The number of nitro benzene ring substituents is 1. The van der Waals surface area contributed by atoms with E-state index in [9.17, 15) is 10.1 Å². The first-order valence-electron chi connectivity index (χ1n) is 5.68. The van der Waals surface area contributed by atoms with Gasteiger partial charge in [0.25, 0.3) is 5.69 Å². The molecular formula is C14H9BrN2O2. The van der Waals surface area contributed by atoms with Crippen LogP contribution in [-0.2, 0) is 0 Å². The number of non-ortho nitro benzene ring substituents is 1. The number of benzene rings is 2. The van der Waals surface area contributed by atoms with Crippen molar-refractivity contribution in [2.24, 2.45) is 0 Å². The second-order valence-corrected chi connectivity index (χ2v) is 5.01. The first kappa shape index (κ1) is 11.9. The van der Waals surface area contributed by atoms with E-state index >= 15 is 0 Å². The summed E-state index contributed by atoms with van der Waals surface area (Å²) in [6, 6.07) is 14.6. The molecule has 0 unspecified atom stereocenters. The van der Waals surface area contributed by atoms with Crippen molar-refractivity contribution >= 4 is 32.5 Å². The fourth-order valence-corrected chi connectivity index (χ4v) is 2.62. The number of nitrogens with zero attached hydrogens (tertiary/aromatic N) is 1. The van der Waals surface area contributed by atoms with Crippen molar-refractivity contribution in [1.82, 2.24) is 4.98 Å². The Kier molecular flexibility index (Phi) is 2.83. The van der Waals surface area contributed by atoms with Crippen LogP contribution >= 0.6 is 15.9 Å². The lowest BCUT2D eigenvalue weighted by atomic mass is 10.1.